The number of urea groups is 1. The zero-order valence-electron chi connectivity index (χ0n) is 23.3. The molecule has 6 rings (SSSR count). The van der Waals surface area contributed by atoms with Crippen LogP contribution >= 0.6 is 0 Å². The van der Waals surface area contributed by atoms with Gasteiger partial charge in [-0.15, -0.1) is 0 Å². The second-order valence-electron chi connectivity index (χ2n) is 10.8. The molecule has 0 aromatic heterocycles. The largest absolute Gasteiger partial charge is 0.333 e. The van der Waals surface area contributed by atoms with E-state index in [-0.39, 0.29) is 43.2 Å². The van der Waals surface area contributed by atoms with Crippen LogP contribution in [0.5, 0.6) is 0 Å². The summed E-state index contributed by atoms with van der Waals surface area (Å²) in [5.41, 5.74) is 2.71. The topological polar surface area (TPSA) is 76.2 Å². The van der Waals surface area contributed by atoms with Crippen molar-refractivity contribution in [3.8, 4) is 0 Å². The van der Waals surface area contributed by atoms with Crippen LogP contribution in [0.2, 0.25) is 0 Å². The van der Waals surface area contributed by atoms with Gasteiger partial charge in [0.25, 0.3) is 0 Å². The summed E-state index contributed by atoms with van der Waals surface area (Å²) in [5, 5.41) is 8.22. The predicted octanol–water partition coefficient (Wildman–Crippen LogP) is 4.16. The lowest BCUT2D eigenvalue weighted by molar-refractivity contribution is -0.157. The number of carbonyl (C=O) groups excluding carboxylic acids is 3. The molecule has 0 bridgehead atoms. The SMILES string of the molecule is CN(C(=O)NCc1ccccc1)N1CC(=O)N2[C@@H](Cc3ccc(F)cc3)C(=O)N(Cc3cccc4ccccc34)C[C@@H]21. The number of carbonyl (C=O) groups is 3. The van der Waals surface area contributed by atoms with E-state index in [0.29, 0.717) is 13.1 Å². The molecule has 2 heterocycles. The molecule has 2 aliphatic rings. The second kappa shape index (κ2) is 11.6. The van der Waals surface area contributed by atoms with Crippen LogP contribution in [0.15, 0.2) is 97.1 Å². The molecule has 0 unspecified atom stereocenters. The van der Waals surface area contributed by atoms with Gasteiger partial charge in [0.15, 0.2) is 0 Å². The average Bonchev–Trinajstić information content (AvgIpc) is 3.34. The number of hydrazine groups is 1. The summed E-state index contributed by atoms with van der Waals surface area (Å²) >= 11 is 0. The first-order chi connectivity index (χ1) is 20.4. The van der Waals surface area contributed by atoms with E-state index in [9.17, 15) is 18.8 Å². The monoisotopic (exact) mass is 565 g/mol. The summed E-state index contributed by atoms with van der Waals surface area (Å²) in [6, 6.07) is 28.5. The summed E-state index contributed by atoms with van der Waals surface area (Å²) in [7, 11) is 1.64. The van der Waals surface area contributed by atoms with Crippen LogP contribution in [0.1, 0.15) is 16.7 Å². The second-order valence-corrected chi connectivity index (χ2v) is 10.8. The van der Waals surface area contributed by atoms with Gasteiger partial charge >= 0.3 is 6.03 Å². The van der Waals surface area contributed by atoms with Gasteiger partial charge in [0.1, 0.15) is 18.0 Å². The molecule has 4 aromatic carbocycles. The minimum Gasteiger partial charge on any atom is -0.333 e. The van der Waals surface area contributed by atoms with E-state index in [1.165, 1.54) is 17.1 Å². The fourth-order valence-electron chi connectivity index (χ4n) is 5.93. The Labute approximate surface area is 243 Å². The van der Waals surface area contributed by atoms with E-state index in [0.717, 1.165) is 27.5 Å². The van der Waals surface area contributed by atoms with Crippen molar-refractivity contribution in [2.45, 2.75) is 31.7 Å². The zero-order valence-corrected chi connectivity index (χ0v) is 23.3. The number of nitrogens with one attached hydrogen (secondary N) is 1. The molecule has 2 saturated heterocycles. The van der Waals surface area contributed by atoms with E-state index < -0.39 is 12.2 Å². The van der Waals surface area contributed by atoms with Crippen molar-refractivity contribution in [2.24, 2.45) is 0 Å². The van der Waals surface area contributed by atoms with E-state index in [1.807, 2.05) is 72.8 Å². The van der Waals surface area contributed by atoms with E-state index in [4.69, 9.17) is 0 Å². The maximum Gasteiger partial charge on any atom is 0.332 e. The van der Waals surface area contributed by atoms with Gasteiger partial charge in [-0.05, 0) is 39.6 Å². The number of benzene rings is 4. The molecule has 0 radical (unpaired) electrons. The van der Waals surface area contributed by atoms with Crippen LogP contribution in [0, 0.1) is 5.82 Å². The Balaban J connectivity index is 1.28. The van der Waals surface area contributed by atoms with E-state index >= 15 is 0 Å². The molecule has 4 aromatic rings. The number of fused-ring (bicyclic) bond motifs is 2. The molecule has 0 spiro atoms. The van der Waals surface area contributed by atoms with Crippen molar-refractivity contribution < 1.29 is 18.8 Å². The molecule has 9 heteroatoms. The molecule has 8 nitrogen and oxygen atoms in total. The molecular formula is C33H32FN5O3. The van der Waals surface area contributed by atoms with Crippen molar-refractivity contribution in [2.75, 3.05) is 20.1 Å². The van der Waals surface area contributed by atoms with Crippen molar-refractivity contribution in [1.29, 1.82) is 0 Å². The number of hydrogen-bond acceptors (Lipinski definition) is 4. The summed E-state index contributed by atoms with van der Waals surface area (Å²) in [6.07, 6.45) is -0.298. The normalized spacial score (nSPS) is 18.8. The quantitative estimate of drug-likeness (QED) is 0.365. The molecule has 42 heavy (non-hydrogen) atoms. The third-order valence-corrected chi connectivity index (χ3v) is 8.12. The minimum absolute atomic E-state index is 0.0325. The van der Waals surface area contributed by atoms with Crippen LogP contribution < -0.4 is 5.32 Å². The van der Waals surface area contributed by atoms with E-state index in [1.54, 1.807) is 34.0 Å². The number of nitrogens with zero attached hydrogens (tertiary/aromatic N) is 4. The van der Waals surface area contributed by atoms with Crippen molar-refractivity contribution in [3.05, 3.63) is 120 Å². The van der Waals surface area contributed by atoms with Gasteiger partial charge in [0.05, 0.1) is 13.1 Å². The van der Waals surface area contributed by atoms with Crippen LogP contribution in [0.3, 0.4) is 0 Å². The Morgan fingerprint density at radius 3 is 2.40 bits per heavy atom. The highest BCUT2D eigenvalue weighted by molar-refractivity contribution is 5.92. The first-order valence-electron chi connectivity index (χ1n) is 14.0. The molecule has 214 valence electrons. The lowest BCUT2D eigenvalue weighted by Gasteiger charge is -2.46. The number of halogens is 1. The standard InChI is InChI=1S/C33H32FN5O3/c1-36(33(42)35-19-24-8-3-2-4-9-24)38-22-31(40)39-29(18-23-14-16-27(34)17-15-23)32(41)37(21-30(38)39)20-26-12-7-11-25-10-5-6-13-28(25)26/h2-17,29-30H,18-22H2,1H3,(H,35,42)/t29-,30+/m0/s1. The highest BCUT2D eigenvalue weighted by Gasteiger charge is 2.51. The molecule has 4 amide bonds. The Hall–Kier alpha value is -4.76. The van der Waals surface area contributed by atoms with Crippen LogP contribution in [0.4, 0.5) is 9.18 Å². The Kier molecular flexibility index (Phi) is 7.58. The Morgan fingerprint density at radius 1 is 0.905 bits per heavy atom. The zero-order chi connectivity index (χ0) is 29.2. The van der Waals surface area contributed by atoms with Gasteiger partial charge < -0.3 is 15.1 Å². The lowest BCUT2D eigenvalue weighted by Crippen LogP contribution is -2.65. The number of rotatable bonds is 7. The summed E-state index contributed by atoms with van der Waals surface area (Å²) in [6.45, 7) is 0.911. The van der Waals surface area contributed by atoms with Crippen molar-refractivity contribution in [3.63, 3.8) is 0 Å². The van der Waals surface area contributed by atoms with Gasteiger partial charge in [-0.2, -0.15) is 5.01 Å². The third kappa shape index (κ3) is 5.43. The van der Waals surface area contributed by atoms with Crippen molar-refractivity contribution in [1.82, 2.24) is 25.1 Å². The molecule has 2 fully saturated rings. The minimum atomic E-state index is -0.789. The molecule has 0 aliphatic carbocycles. The summed E-state index contributed by atoms with van der Waals surface area (Å²) < 4.78 is 13.6. The number of hydrogen-bond donors (Lipinski definition) is 1. The van der Waals surface area contributed by atoms with Gasteiger partial charge in [-0.1, -0.05) is 84.9 Å². The van der Waals surface area contributed by atoms with Crippen LogP contribution in [-0.4, -0.2) is 70.0 Å². The Bertz CT molecular complexity index is 1610. The van der Waals surface area contributed by atoms with Gasteiger partial charge in [-0.3, -0.25) is 14.6 Å². The van der Waals surface area contributed by atoms with Crippen LogP contribution in [-0.2, 0) is 29.1 Å². The smallest absolute Gasteiger partial charge is 0.332 e. The van der Waals surface area contributed by atoms with Gasteiger partial charge in [-0.25, -0.2) is 9.18 Å². The average molecular weight is 566 g/mol. The molecule has 2 aliphatic heterocycles. The fourth-order valence-corrected chi connectivity index (χ4v) is 5.93. The number of amides is 4. The highest BCUT2D eigenvalue weighted by atomic mass is 19.1. The van der Waals surface area contributed by atoms with Gasteiger partial charge in [0, 0.05) is 26.6 Å². The van der Waals surface area contributed by atoms with E-state index in [2.05, 4.69) is 5.32 Å². The molecule has 1 N–H and O–H groups in total. The Morgan fingerprint density at radius 2 is 1.62 bits per heavy atom. The van der Waals surface area contributed by atoms with Gasteiger partial charge in [0.2, 0.25) is 11.8 Å². The first kappa shape index (κ1) is 27.4. The lowest BCUT2D eigenvalue weighted by atomic mass is 9.99. The van der Waals surface area contributed by atoms with Crippen LogP contribution in [0.25, 0.3) is 10.8 Å². The maximum absolute atomic E-state index is 14.0. The van der Waals surface area contributed by atoms with Crippen molar-refractivity contribution >= 4 is 28.6 Å². The molecule has 2 atom stereocenters. The highest BCUT2D eigenvalue weighted by Crippen LogP contribution is 2.31. The fraction of sp³-hybridized carbons (Fsp3) is 0.242. The first-order valence-corrected chi connectivity index (χ1v) is 14.0. The molecular weight excluding hydrogens is 533 g/mol. The predicted molar refractivity (Wildman–Crippen MR) is 157 cm³/mol. The summed E-state index contributed by atoms with van der Waals surface area (Å²) in [5.74, 6) is -0.765. The maximum atomic E-state index is 14.0. The number of piperazine rings is 1. The summed E-state index contributed by atoms with van der Waals surface area (Å²) in [4.78, 5) is 44.1. The molecule has 0 saturated carbocycles. The third-order valence-electron chi connectivity index (χ3n) is 8.12.